The average molecular weight is 224 g/mol. The fourth-order valence-electron chi connectivity index (χ4n) is 1.80. The third-order valence-electron chi connectivity index (χ3n) is 3.24. The molecule has 1 aromatic heterocycles. The lowest BCUT2D eigenvalue weighted by molar-refractivity contribution is 0.0782. The molecule has 1 heterocycles. The second-order valence-electron chi connectivity index (χ2n) is 3.88. The van der Waals surface area contributed by atoms with Gasteiger partial charge in [0.2, 0.25) is 0 Å². The predicted octanol–water partition coefficient (Wildman–Crippen LogP) is 2.17. The number of Topliss-reactive ketones (excluding diaryl/α,β-unsaturated/α-hetero) is 1. The fourth-order valence-corrected chi connectivity index (χ4v) is 1.80. The van der Waals surface area contributed by atoms with Crippen molar-refractivity contribution in [1.82, 2.24) is 4.98 Å². The first-order valence-electron chi connectivity index (χ1n) is 5.45. The van der Waals surface area contributed by atoms with Crippen molar-refractivity contribution < 1.29 is 9.18 Å². The Kier molecular flexibility index (Phi) is 4.12. The number of halogens is 1. The summed E-state index contributed by atoms with van der Waals surface area (Å²) in [4.78, 5) is 15.9. The Hall–Kier alpha value is -1.29. The van der Waals surface area contributed by atoms with Crippen molar-refractivity contribution in [2.24, 2.45) is 11.1 Å². The minimum Gasteiger partial charge on any atom is -0.329 e. The van der Waals surface area contributed by atoms with Crippen LogP contribution in [0.25, 0.3) is 0 Å². The lowest BCUT2D eigenvalue weighted by Gasteiger charge is -2.28. The molecule has 1 aromatic rings. The number of hydrogen-bond donors (Lipinski definition) is 1. The molecule has 88 valence electrons. The van der Waals surface area contributed by atoms with Crippen LogP contribution < -0.4 is 5.73 Å². The standard InChI is InChI=1S/C12H17FN2O/c1-3-12(4-2,8-14)11(16)9-5-6-15-7-10(9)13/h5-7H,3-4,8,14H2,1-2H3. The van der Waals surface area contributed by atoms with E-state index in [-0.39, 0.29) is 17.9 Å². The number of carbonyl (C=O) groups is 1. The van der Waals surface area contributed by atoms with Gasteiger partial charge in [-0.05, 0) is 18.9 Å². The van der Waals surface area contributed by atoms with Crippen LogP contribution in [-0.2, 0) is 0 Å². The van der Waals surface area contributed by atoms with Crippen molar-refractivity contribution in [3.05, 3.63) is 29.8 Å². The van der Waals surface area contributed by atoms with Gasteiger partial charge in [-0.3, -0.25) is 9.78 Å². The molecule has 0 amide bonds. The molecule has 0 aliphatic rings. The molecular weight excluding hydrogens is 207 g/mol. The van der Waals surface area contributed by atoms with Crippen molar-refractivity contribution in [1.29, 1.82) is 0 Å². The van der Waals surface area contributed by atoms with E-state index in [2.05, 4.69) is 4.98 Å². The Balaban J connectivity index is 3.14. The number of aromatic nitrogens is 1. The minimum absolute atomic E-state index is 0.0872. The van der Waals surface area contributed by atoms with Crippen LogP contribution in [0.4, 0.5) is 4.39 Å². The first kappa shape index (κ1) is 12.8. The molecule has 0 aromatic carbocycles. The topological polar surface area (TPSA) is 56.0 Å². The Morgan fingerprint density at radius 2 is 2.12 bits per heavy atom. The Morgan fingerprint density at radius 3 is 2.56 bits per heavy atom. The molecule has 0 bridgehead atoms. The maximum atomic E-state index is 13.5. The number of nitrogens with zero attached hydrogens (tertiary/aromatic N) is 1. The van der Waals surface area contributed by atoms with Gasteiger partial charge >= 0.3 is 0 Å². The molecule has 0 radical (unpaired) electrons. The molecule has 0 atom stereocenters. The second kappa shape index (κ2) is 5.16. The molecule has 16 heavy (non-hydrogen) atoms. The summed E-state index contributed by atoms with van der Waals surface area (Å²) < 4.78 is 13.5. The maximum Gasteiger partial charge on any atom is 0.173 e. The van der Waals surface area contributed by atoms with Gasteiger partial charge in [0, 0.05) is 18.2 Å². The highest BCUT2D eigenvalue weighted by Gasteiger charge is 2.35. The third kappa shape index (κ3) is 2.11. The Bertz CT molecular complexity index is 367. The summed E-state index contributed by atoms with van der Waals surface area (Å²) in [7, 11) is 0. The zero-order valence-corrected chi connectivity index (χ0v) is 9.66. The van der Waals surface area contributed by atoms with Gasteiger partial charge in [0.15, 0.2) is 11.6 Å². The number of pyridine rings is 1. The lowest BCUT2D eigenvalue weighted by atomic mass is 9.76. The zero-order chi connectivity index (χ0) is 12.2. The van der Waals surface area contributed by atoms with Crippen molar-refractivity contribution in [2.75, 3.05) is 6.54 Å². The molecule has 0 saturated heterocycles. The molecule has 0 spiro atoms. The second-order valence-corrected chi connectivity index (χ2v) is 3.88. The summed E-state index contributed by atoms with van der Waals surface area (Å²) in [5.41, 5.74) is 5.09. The van der Waals surface area contributed by atoms with Gasteiger partial charge in [-0.15, -0.1) is 0 Å². The van der Waals surface area contributed by atoms with Gasteiger partial charge in [-0.1, -0.05) is 13.8 Å². The van der Waals surface area contributed by atoms with E-state index in [4.69, 9.17) is 5.73 Å². The smallest absolute Gasteiger partial charge is 0.173 e. The summed E-state index contributed by atoms with van der Waals surface area (Å²) in [6, 6.07) is 1.41. The van der Waals surface area contributed by atoms with Crippen LogP contribution in [-0.4, -0.2) is 17.3 Å². The van der Waals surface area contributed by atoms with Crippen LogP contribution in [0.2, 0.25) is 0 Å². The molecule has 3 nitrogen and oxygen atoms in total. The third-order valence-corrected chi connectivity index (χ3v) is 3.24. The fraction of sp³-hybridized carbons (Fsp3) is 0.500. The summed E-state index contributed by atoms with van der Waals surface area (Å²) in [5.74, 6) is -0.799. The number of carbonyl (C=O) groups excluding carboxylic acids is 1. The van der Waals surface area contributed by atoms with Crippen LogP contribution >= 0.6 is 0 Å². The van der Waals surface area contributed by atoms with Gasteiger partial charge in [0.25, 0.3) is 0 Å². The molecular formula is C12H17FN2O. The zero-order valence-electron chi connectivity index (χ0n) is 9.66. The SMILES string of the molecule is CCC(CC)(CN)C(=O)c1ccncc1F. The summed E-state index contributed by atoms with van der Waals surface area (Å²) in [6.45, 7) is 4.03. The number of ketones is 1. The molecule has 4 heteroatoms. The average Bonchev–Trinajstić information content (AvgIpc) is 2.32. The van der Waals surface area contributed by atoms with Crippen LogP contribution in [0.1, 0.15) is 37.0 Å². The Morgan fingerprint density at radius 1 is 1.50 bits per heavy atom. The number of nitrogens with two attached hydrogens (primary N) is 1. The monoisotopic (exact) mass is 224 g/mol. The largest absolute Gasteiger partial charge is 0.329 e. The highest BCUT2D eigenvalue weighted by Crippen LogP contribution is 2.30. The van der Waals surface area contributed by atoms with Gasteiger partial charge in [0.05, 0.1) is 11.8 Å². The van der Waals surface area contributed by atoms with E-state index in [1.165, 1.54) is 12.3 Å². The summed E-state index contributed by atoms with van der Waals surface area (Å²) in [6.07, 6.45) is 3.70. The van der Waals surface area contributed by atoms with E-state index in [1.54, 1.807) is 0 Å². The van der Waals surface area contributed by atoms with Crippen LogP contribution in [0.15, 0.2) is 18.5 Å². The van der Waals surface area contributed by atoms with Crippen molar-refractivity contribution in [3.63, 3.8) is 0 Å². The Labute approximate surface area is 94.9 Å². The first-order valence-corrected chi connectivity index (χ1v) is 5.45. The van der Waals surface area contributed by atoms with Crippen LogP contribution in [0.5, 0.6) is 0 Å². The van der Waals surface area contributed by atoms with Crippen molar-refractivity contribution in [3.8, 4) is 0 Å². The minimum atomic E-state index is -0.651. The van der Waals surface area contributed by atoms with Crippen molar-refractivity contribution in [2.45, 2.75) is 26.7 Å². The van der Waals surface area contributed by atoms with Crippen LogP contribution in [0, 0.1) is 11.2 Å². The van der Waals surface area contributed by atoms with E-state index in [0.29, 0.717) is 12.8 Å². The van der Waals surface area contributed by atoms with E-state index < -0.39 is 11.2 Å². The molecule has 0 saturated carbocycles. The molecule has 0 unspecified atom stereocenters. The molecule has 0 aliphatic carbocycles. The lowest BCUT2D eigenvalue weighted by Crippen LogP contribution is -2.38. The first-order chi connectivity index (χ1) is 7.61. The van der Waals surface area contributed by atoms with Gasteiger partial charge in [0.1, 0.15) is 0 Å². The van der Waals surface area contributed by atoms with E-state index in [0.717, 1.165) is 6.20 Å². The normalized spacial score (nSPS) is 11.5. The summed E-state index contributed by atoms with van der Waals surface area (Å²) >= 11 is 0. The molecule has 0 fully saturated rings. The molecule has 1 rings (SSSR count). The number of hydrogen-bond acceptors (Lipinski definition) is 3. The summed E-state index contributed by atoms with van der Waals surface area (Å²) in [5, 5.41) is 0. The van der Waals surface area contributed by atoms with Gasteiger partial charge < -0.3 is 5.73 Å². The van der Waals surface area contributed by atoms with Gasteiger partial charge in [-0.25, -0.2) is 4.39 Å². The quantitative estimate of drug-likeness (QED) is 0.780. The van der Waals surface area contributed by atoms with Crippen LogP contribution in [0.3, 0.4) is 0 Å². The van der Waals surface area contributed by atoms with E-state index >= 15 is 0 Å². The highest BCUT2D eigenvalue weighted by molar-refractivity contribution is 6.00. The molecule has 2 N–H and O–H groups in total. The highest BCUT2D eigenvalue weighted by atomic mass is 19.1. The molecule has 0 aliphatic heterocycles. The van der Waals surface area contributed by atoms with Crippen molar-refractivity contribution >= 4 is 5.78 Å². The van der Waals surface area contributed by atoms with Gasteiger partial charge in [-0.2, -0.15) is 0 Å². The number of rotatable bonds is 5. The van der Waals surface area contributed by atoms with E-state index in [9.17, 15) is 9.18 Å². The predicted molar refractivity (Wildman–Crippen MR) is 60.6 cm³/mol. The maximum absolute atomic E-state index is 13.5. The van der Waals surface area contributed by atoms with E-state index in [1.807, 2.05) is 13.8 Å².